The monoisotopic (exact) mass is 259 g/mol. The predicted octanol–water partition coefficient (Wildman–Crippen LogP) is 4.35. The highest BCUT2D eigenvalue weighted by molar-refractivity contribution is 8.41. The Kier molecular flexibility index (Phi) is 2.67. The van der Waals surface area contributed by atoms with Gasteiger partial charge in [-0.05, 0) is 35.1 Å². The normalized spacial score (nSPS) is 26.5. The summed E-state index contributed by atoms with van der Waals surface area (Å²) in [5.41, 5.74) is 0. The van der Waals surface area contributed by atoms with Gasteiger partial charge in [-0.2, -0.15) is 0 Å². The molecule has 1 aromatic carbocycles. The van der Waals surface area contributed by atoms with Crippen LogP contribution in [0.1, 0.15) is 4.88 Å². The Morgan fingerprint density at radius 2 is 1.82 bits per heavy atom. The number of rotatable bonds is 2. The summed E-state index contributed by atoms with van der Waals surface area (Å²) in [6.45, 7) is 0. The maximum Gasteiger partial charge on any atom is 0.0409 e. The van der Waals surface area contributed by atoms with Crippen LogP contribution in [0, 0.1) is 0 Å². The molecule has 2 N–H and O–H groups in total. The molecule has 2 heterocycles. The second-order valence-corrected chi connectivity index (χ2v) is 7.41. The lowest BCUT2D eigenvalue weighted by molar-refractivity contribution is 1.44. The molecule has 3 rings (SSSR count). The third kappa shape index (κ3) is 1.76. The number of hydrogen-bond donors (Lipinski definition) is 1. The van der Waals surface area contributed by atoms with E-state index in [2.05, 4.69) is 59.3 Å². The van der Waals surface area contributed by atoms with Crippen LogP contribution in [0.2, 0.25) is 0 Å². The topological polar surface area (TPSA) is 26.0 Å². The van der Waals surface area contributed by atoms with Crippen molar-refractivity contribution in [3.63, 3.8) is 0 Å². The molecule has 1 aliphatic rings. The fourth-order valence-electron chi connectivity index (χ4n) is 1.96. The van der Waals surface area contributed by atoms with Crippen molar-refractivity contribution in [2.45, 2.75) is 4.90 Å². The molecule has 2 aromatic rings. The minimum Gasteiger partial charge on any atom is -0.284 e. The zero-order chi connectivity index (χ0) is 11.7. The third-order valence-corrected chi connectivity index (χ3v) is 6.56. The van der Waals surface area contributed by atoms with E-state index in [4.69, 9.17) is 5.14 Å². The number of hydrogen-bond acceptors (Lipinski definition) is 2. The molecule has 0 saturated heterocycles. The molecule has 17 heavy (non-hydrogen) atoms. The molecule has 1 aliphatic heterocycles. The summed E-state index contributed by atoms with van der Waals surface area (Å²) in [6.07, 6.45) is 4.23. The van der Waals surface area contributed by atoms with Crippen LogP contribution < -0.4 is 5.14 Å². The van der Waals surface area contributed by atoms with Gasteiger partial charge in [-0.25, -0.2) is 0 Å². The Balaban J connectivity index is 2.09. The van der Waals surface area contributed by atoms with Crippen molar-refractivity contribution in [2.75, 3.05) is 0 Å². The highest BCUT2D eigenvalue weighted by atomic mass is 32.3. The highest BCUT2D eigenvalue weighted by Crippen LogP contribution is 2.63. The molecule has 0 fully saturated rings. The number of thiophene rings is 1. The summed E-state index contributed by atoms with van der Waals surface area (Å²) in [5.74, 6) is 0. The van der Waals surface area contributed by atoms with E-state index in [0.29, 0.717) is 0 Å². The van der Waals surface area contributed by atoms with Crippen LogP contribution in [0.4, 0.5) is 0 Å². The van der Waals surface area contributed by atoms with Crippen molar-refractivity contribution in [3.05, 3.63) is 70.3 Å². The summed E-state index contributed by atoms with van der Waals surface area (Å²) >= 11 is 1.75. The van der Waals surface area contributed by atoms with E-state index in [0.717, 1.165) is 0 Å². The molecule has 1 aromatic heterocycles. The third-order valence-electron chi connectivity index (χ3n) is 2.80. The fraction of sp³-hybridized carbons (Fsp3) is 0. The first kappa shape index (κ1) is 10.8. The lowest BCUT2D eigenvalue weighted by Crippen LogP contribution is -2.07. The SMILES string of the molecule is NS1(c2ccccc2)C=CC=C1c1cccs1. The van der Waals surface area contributed by atoms with Gasteiger partial charge >= 0.3 is 0 Å². The lowest BCUT2D eigenvalue weighted by Gasteiger charge is -2.32. The van der Waals surface area contributed by atoms with Gasteiger partial charge in [0.2, 0.25) is 0 Å². The quantitative estimate of drug-likeness (QED) is 0.852. The average molecular weight is 259 g/mol. The number of allylic oxidation sites excluding steroid dienone is 2. The Morgan fingerprint density at radius 1 is 1.00 bits per heavy atom. The summed E-state index contributed by atoms with van der Waals surface area (Å²) in [6, 6.07) is 14.6. The van der Waals surface area contributed by atoms with Gasteiger partial charge in [-0.15, -0.1) is 21.6 Å². The maximum absolute atomic E-state index is 6.65. The first-order valence-corrected chi connectivity index (χ1v) is 8.03. The lowest BCUT2D eigenvalue weighted by atomic mass is 10.4. The molecular formula is C14H13NS2. The zero-order valence-electron chi connectivity index (χ0n) is 9.24. The Bertz CT molecular complexity index is 570. The molecule has 0 bridgehead atoms. The highest BCUT2D eigenvalue weighted by Gasteiger charge is 2.27. The predicted molar refractivity (Wildman–Crippen MR) is 77.9 cm³/mol. The van der Waals surface area contributed by atoms with Crippen molar-refractivity contribution >= 4 is 26.5 Å². The zero-order valence-corrected chi connectivity index (χ0v) is 10.9. The fourth-order valence-corrected chi connectivity index (χ4v) is 5.35. The molecule has 0 spiro atoms. The van der Waals surface area contributed by atoms with E-state index in [1.165, 1.54) is 14.7 Å². The summed E-state index contributed by atoms with van der Waals surface area (Å²) in [4.78, 5) is 3.75. The van der Waals surface area contributed by atoms with Gasteiger partial charge in [0, 0.05) is 14.7 Å². The van der Waals surface area contributed by atoms with Crippen LogP contribution in [0.5, 0.6) is 0 Å². The molecule has 1 nitrogen and oxygen atoms in total. The second-order valence-electron chi connectivity index (χ2n) is 3.86. The minimum atomic E-state index is -1.46. The van der Waals surface area contributed by atoms with Gasteiger partial charge in [0.15, 0.2) is 0 Å². The number of nitrogens with two attached hydrogens (primary N) is 1. The molecule has 1 unspecified atom stereocenters. The minimum absolute atomic E-state index is 1.22. The van der Waals surface area contributed by atoms with E-state index in [9.17, 15) is 0 Å². The second kappa shape index (κ2) is 4.18. The first-order valence-electron chi connectivity index (χ1n) is 5.39. The molecular weight excluding hydrogens is 246 g/mol. The van der Waals surface area contributed by atoms with Crippen molar-refractivity contribution in [3.8, 4) is 0 Å². The molecule has 3 heteroatoms. The Hall–Kier alpha value is -1.29. The van der Waals surface area contributed by atoms with E-state index >= 15 is 0 Å². The molecule has 0 amide bonds. The maximum atomic E-state index is 6.65. The van der Waals surface area contributed by atoms with E-state index in [-0.39, 0.29) is 0 Å². The molecule has 86 valence electrons. The van der Waals surface area contributed by atoms with Gasteiger partial charge in [0.25, 0.3) is 0 Å². The van der Waals surface area contributed by atoms with Crippen LogP contribution in [0.3, 0.4) is 0 Å². The smallest absolute Gasteiger partial charge is 0.0409 e. The Morgan fingerprint density at radius 3 is 2.53 bits per heavy atom. The van der Waals surface area contributed by atoms with Crippen molar-refractivity contribution < 1.29 is 0 Å². The van der Waals surface area contributed by atoms with E-state index < -0.39 is 10.2 Å². The van der Waals surface area contributed by atoms with Crippen LogP contribution in [0.25, 0.3) is 4.91 Å². The van der Waals surface area contributed by atoms with Crippen LogP contribution >= 0.6 is 21.6 Å². The standard InChI is InChI=1S/C14H13NS2/c15-17(12-6-2-1-3-7-12)11-5-9-14(17)13-8-4-10-16-13/h1-11H,15H2. The van der Waals surface area contributed by atoms with Gasteiger partial charge in [-0.1, -0.05) is 30.3 Å². The van der Waals surface area contributed by atoms with Gasteiger partial charge in [0.05, 0.1) is 0 Å². The van der Waals surface area contributed by atoms with Crippen molar-refractivity contribution in [1.29, 1.82) is 0 Å². The van der Waals surface area contributed by atoms with Gasteiger partial charge in [0.1, 0.15) is 0 Å². The first-order chi connectivity index (χ1) is 8.31. The van der Waals surface area contributed by atoms with Crippen molar-refractivity contribution in [2.24, 2.45) is 5.14 Å². The van der Waals surface area contributed by atoms with Crippen LogP contribution in [-0.2, 0) is 0 Å². The molecule has 0 saturated carbocycles. The van der Waals surface area contributed by atoms with Gasteiger partial charge in [-0.3, -0.25) is 5.14 Å². The van der Waals surface area contributed by atoms with Crippen molar-refractivity contribution in [1.82, 2.24) is 0 Å². The summed E-state index contributed by atoms with van der Waals surface area (Å²) in [5, 5.41) is 10.9. The Labute approximate surface area is 107 Å². The largest absolute Gasteiger partial charge is 0.284 e. The molecule has 0 radical (unpaired) electrons. The molecule has 0 aliphatic carbocycles. The van der Waals surface area contributed by atoms with E-state index in [1.54, 1.807) is 11.3 Å². The summed E-state index contributed by atoms with van der Waals surface area (Å²) in [7, 11) is -1.46. The van der Waals surface area contributed by atoms with Gasteiger partial charge < -0.3 is 0 Å². The van der Waals surface area contributed by atoms with Crippen LogP contribution in [0.15, 0.2) is 70.3 Å². The van der Waals surface area contributed by atoms with E-state index in [1.807, 2.05) is 6.07 Å². The number of benzene rings is 1. The molecule has 1 atom stereocenters. The average Bonchev–Trinajstić information content (AvgIpc) is 2.99. The van der Waals surface area contributed by atoms with Crippen LogP contribution in [-0.4, -0.2) is 0 Å². The summed E-state index contributed by atoms with van der Waals surface area (Å²) < 4.78 is 0.